The topological polar surface area (TPSA) is 65.1 Å². The molecule has 2 rings (SSSR count). The summed E-state index contributed by atoms with van der Waals surface area (Å²) in [6, 6.07) is -0.747. The second-order valence-corrected chi connectivity index (χ2v) is 16.5. The molecule has 0 radical (unpaired) electrons. The molecule has 0 aromatic heterocycles. The molecule has 2 aliphatic heterocycles. The average molecular weight is 344 g/mol. The van der Waals surface area contributed by atoms with E-state index >= 15 is 0 Å². The molecule has 0 aromatic rings. The molecule has 2 unspecified atom stereocenters. The van der Waals surface area contributed by atoms with Gasteiger partial charge >= 0.3 is 5.97 Å². The van der Waals surface area contributed by atoms with Gasteiger partial charge in [-0.05, 0) is 45.4 Å². The van der Waals surface area contributed by atoms with Gasteiger partial charge in [0, 0.05) is 0 Å². The lowest BCUT2D eigenvalue weighted by Crippen LogP contribution is -2.56. The molecule has 2 aliphatic rings. The van der Waals surface area contributed by atoms with Gasteiger partial charge in [-0.1, -0.05) is 0 Å². The van der Waals surface area contributed by atoms with Gasteiger partial charge in [-0.15, -0.1) is 0 Å². The van der Waals surface area contributed by atoms with Crippen LogP contribution in [0.1, 0.15) is 6.42 Å². The maximum atomic E-state index is 12.4. The summed E-state index contributed by atoms with van der Waals surface area (Å²) in [5, 5.41) is 0. The second kappa shape index (κ2) is 5.82. The molecular formula is C14H25NO5Si2. The monoisotopic (exact) mass is 343 g/mol. The van der Waals surface area contributed by atoms with Gasteiger partial charge in [-0.2, -0.15) is 0 Å². The second-order valence-electron chi connectivity index (χ2n) is 7.54. The van der Waals surface area contributed by atoms with Crippen LogP contribution < -0.4 is 0 Å². The minimum atomic E-state index is -2.02. The van der Waals surface area contributed by atoms with Crippen molar-refractivity contribution in [1.82, 2.24) is 4.90 Å². The quantitative estimate of drug-likeness (QED) is 0.565. The maximum Gasteiger partial charge on any atom is 0.323 e. The third-order valence-corrected chi connectivity index (χ3v) is 5.04. The molecule has 22 heavy (non-hydrogen) atoms. The van der Waals surface area contributed by atoms with Crippen molar-refractivity contribution >= 4 is 28.5 Å². The van der Waals surface area contributed by atoms with Crippen LogP contribution in [0, 0.1) is 0 Å². The summed E-state index contributed by atoms with van der Waals surface area (Å²) in [5.41, 5.74) is 0. The zero-order valence-electron chi connectivity index (χ0n) is 14.1. The van der Waals surface area contributed by atoms with E-state index in [2.05, 4.69) is 19.6 Å². The van der Waals surface area contributed by atoms with E-state index in [1.165, 1.54) is 4.90 Å². The lowest BCUT2D eigenvalue weighted by Gasteiger charge is -2.34. The number of ether oxygens (including phenoxy) is 1. The van der Waals surface area contributed by atoms with Crippen LogP contribution in [0.25, 0.3) is 0 Å². The van der Waals surface area contributed by atoms with Crippen LogP contribution in [0.2, 0.25) is 39.3 Å². The Morgan fingerprint density at radius 3 is 2.41 bits per heavy atom. The van der Waals surface area contributed by atoms with Gasteiger partial charge < -0.3 is 13.6 Å². The number of carbonyl (C=O) groups excluding carboxylic acids is 2. The van der Waals surface area contributed by atoms with Crippen LogP contribution >= 0.6 is 0 Å². The van der Waals surface area contributed by atoms with E-state index in [0.29, 0.717) is 18.8 Å². The first-order valence-corrected chi connectivity index (χ1v) is 14.3. The maximum absolute atomic E-state index is 12.4. The summed E-state index contributed by atoms with van der Waals surface area (Å²) in [5.74, 6) is 0.0170. The molecular weight excluding hydrogens is 318 g/mol. The van der Waals surface area contributed by atoms with E-state index in [1.54, 1.807) is 6.08 Å². The Bertz CT molecular complexity index is 506. The van der Waals surface area contributed by atoms with Crippen molar-refractivity contribution in [3.63, 3.8) is 0 Å². The van der Waals surface area contributed by atoms with E-state index < -0.39 is 28.6 Å². The first-order chi connectivity index (χ1) is 9.98. The fourth-order valence-electron chi connectivity index (χ4n) is 2.29. The molecule has 0 bridgehead atoms. The van der Waals surface area contributed by atoms with Crippen LogP contribution in [0.5, 0.6) is 0 Å². The highest BCUT2D eigenvalue weighted by Gasteiger charge is 2.54. The van der Waals surface area contributed by atoms with Crippen molar-refractivity contribution in [3.05, 3.63) is 11.8 Å². The molecule has 0 aromatic carbocycles. The molecule has 0 saturated carbocycles. The Balaban J connectivity index is 2.12. The number of rotatable bonds is 5. The van der Waals surface area contributed by atoms with Crippen LogP contribution in [-0.4, -0.2) is 52.3 Å². The van der Waals surface area contributed by atoms with Crippen molar-refractivity contribution in [1.29, 1.82) is 0 Å². The first-order valence-electron chi connectivity index (χ1n) is 7.53. The normalized spacial score (nSPS) is 26.5. The van der Waals surface area contributed by atoms with Crippen molar-refractivity contribution in [2.24, 2.45) is 0 Å². The lowest BCUT2D eigenvalue weighted by atomic mass is 10.1. The predicted octanol–water partition coefficient (Wildman–Crippen LogP) is 2.06. The lowest BCUT2D eigenvalue weighted by molar-refractivity contribution is -0.162. The van der Waals surface area contributed by atoms with Gasteiger partial charge in [0.15, 0.2) is 20.6 Å². The number of amides is 1. The van der Waals surface area contributed by atoms with Gasteiger partial charge in [-0.3, -0.25) is 14.5 Å². The summed E-state index contributed by atoms with van der Waals surface area (Å²) in [4.78, 5) is 25.7. The van der Waals surface area contributed by atoms with Gasteiger partial charge in [0.1, 0.15) is 5.76 Å². The number of hydrogen-bond acceptors (Lipinski definition) is 5. The minimum Gasteiger partial charge on any atom is -0.518 e. The smallest absolute Gasteiger partial charge is 0.323 e. The zero-order valence-corrected chi connectivity index (χ0v) is 16.1. The molecule has 2 heterocycles. The summed E-state index contributed by atoms with van der Waals surface area (Å²) in [6.45, 7) is 12.5. The molecule has 2 saturated heterocycles. The van der Waals surface area contributed by atoms with E-state index in [1.807, 2.05) is 19.6 Å². The van der Waals surface area contributed by atoms with Gasteiger partial charge in [0.25, 0.3) is 0 Å². The van der Waals surface area contributed by atoms with Crippen LogP contribution in [0.15, 0.2) is 11.8 Å². The molecule has 0 aliphatic carbocycles. The number of fused-ring (bicyclic) bond motifs is 1. The summed E-state index contributed by atoms with van der Waals surface area (Å²) in [7, 11) is -3.66. The molecule has 2 atom stereocenters. The van der Waals surface area contributed by atoms with Crippen molar-refractivity contribution < 1.29 is 23.2 Å². The minimum absolute atomic E-state index is 0.0722. The van der Waals surface area contributed by atoms with Gasteiger partial charge in [-0.25, -0.2) is 0 Å². The SMILES string of the molecule is C[Si](C)(C)OC/C=C1\OC2CC(=O)N2C1C(=O)O[Si](C)(C)C. The average Bonchev–Trinajstić information content (AvgIpc) is 2.58. The summed E-state index contributed by atoms with van der Waals surface area (Å²) < 4.78 is 17.0. The van der Waals surface area contributed by atoms with Crippen LogP contribution in [0.3, 0.4) is 0 Å². The van der Waals surface area contributed by atoms with Gasteiger partial charge in [0.05, 0.1) is 13.0 Å². The van der Waals surface area contributed by atoms with E-state index in [-0.39, 0.29) is 12.1 Å². The van der Waals surface area contributed by atoms with Crippen LogP contribution in [0.4, 0.5) is 0 Å². The van der Waals surface area contributed by atoms with Crippen molar-refractivity contribution in [2.75, 3.05) is 6.61 Å². The molecule has 6 nitrogen and oxygen atoms in total. The van der Waals surface area contributed by atoms with Crippen LogP contribution in [-0.2, 0) is 23.2 Å². The summed E-state index contributed by atoms with van der Waals surface area (Å²) in [6.07, 6.45) is 1.76. The highest BCUT2D eigenvalue weighted by Crippen LogP contribution is 2.37. The number of nitrogens with zero attached hydrogens (tertiary/aromatic N) is 1. The third kappa shape index (κ3) is 3.99. The van der Waals surface area contributed by atoms with Crippen molar-refractivity contribution in [2.45, 2.75) is 58.0 Å². The third-order valence-electron chi connectivity index (χ3n) is 3.20. The Labute approximate surface area is 133 Å². The Morgan fingerprint density at radius 1 is 1.27 bits per heavy atom. The molecule has 8 heteroatoms. The highest BCUT2D eigenvalue weighted by atomic mass is 28.4. The predicted molar refractivity (Wildman–Crippen MR) is 86.9 cm³/mol. The standard InChI is InChI=1S/C14H25NO5Si2/c1-21(2,3)18-8-7-10-13(14(17)20-22(4,5)6)15-11(16)9-12(15)19-10/h7,12-13H,8-9H2,1-6H3/b10-7-. The Morgan fingerprint density at radius 2 is 1.91 bits per heavy atom. The zero-order chi connectivity index (χ0) is 16.7. The molecule has 1 amide bonds. The number of carbonyl (C=O) groups is 2. The molecule has 0 N–H and O–H groups in total. The fraction of sp³-hybridized carbons (Fsp3) is 0.714. The molecule has 124 valence electrons. The largest absolute Gasteiger partial charge is 0.518 e. The van der Waals surface area contributed by atoms with Gasteiger partial charge in [0.2, 0.25) is 14.2 Å². The van der Waals surface area contributed by atoms with E-state index in [4.69, 9.17) is 13.6 Å². The Hall–Kier alpha value is -1.13. The van der Waals surface area contributed by atoms with E-state index in [9.17, 15) is 9.59 Å². The highest BCUT2D eigenvalue weighted by molar-refractivity contribution is 6.71. The number of β-lactam (4-membered cyclic amide) rings is 1. The summed E-state index contributed by atoms with van der Waals surface area (Å²) >= 11 is 0. The fourth-order valence-corrected chi connectivity index (χ4v) is 3.59. The Kier molecular flexibility index (Phi) is 4.56. The van der Waals surface area contributed by atoms with Crippen molar-refractivity contribution in [3.8, 4) is 0 Å². The first kappa shape index (κ1) is 17.2. The van der Waals surface area contributed by atoms with E-state index in [0.717, 1.165) is 0 Å². The molecule has 2 fully saturated rings. The number of hydrogen-bond donors (Lipinski definition) is 0. The molecule has 0 spiro atoms.